The monoisotopic (exact) mass is 416 g/mol. The van der Waals surface area contributed by atoms with E-state index in [-0.39, 0.29) is 22.2 Å². The summed E-state index contributed by atoms with van der Waals surface area (Å²) in [5, 5.41) is 4.54. The Kier molecular flexibility index (Phi) is 5.44. The molecule has 0 radical (unpaired) electrons. The summed E-state index contributed by atoms with van der Waals surface area (Å²) >= 11 is 0. The van der Waals surface area contributed by atoms with Gasteiger partial charge in [0.2, 0.25) is 0 Å². The summed E-state index contributed by atoms with van der Waals surface area (Å²) in [6, 6.07) is 0. The van der Waals surface area contributed by atoms with E-state index in [2.05, 4.69) is 37.8 Å². The number of nitrogens with zero attached hydrogens (tertiary/aromatic N) is 2. The maximum atomic E-state index is 13.7. The van der Waals surface area contributed by atoms with Crippen LogP contribution in [0.1, 0.15) is 72.6 Å². The Morgan fingerprint density at radius 2 is 1.77 bits per heavy atom. The molecule has 168 valence electrons. The fraction of sp³-hybridized carbons (Fsp3) is 0.880. The highest BCUT2D eigenvalue weighted by molar-refractivity contribution is 5.97. The smallest absolute Gasteiger partial charge is 0.139 e. The van der Waals surface area contributed by atoms with E-state index in [4.69, 9.17) is 4.84 Å². The van der Waals surface area contributed by atoms with Gasteiger partial charge in [-0.2, -0.15) is 0 Å². The fourth-order valence-electron chi connectivity index (χ4n) is 8.04. The normalized spacial score (nSPS) is 44.0. The largest absolute Gasteiger partial charge is 0.394 e. The summed E-state index contributed by atoms with van der Waals surface area (Å²) in [5.41, 5.74) is 0.590. The van der Waals surface area contributed by atoms with E-state index in [1.165, 1.54) is 0 Å². The molecule has 0 heterocycles. The SMILES string of the molecule is CN(C)CCO/N=C1\CC[C@@]2(C)C(C(=O)C[C@@H]3[C@@H]2CC[C@]2(C)C(=O)CC[C@@H]32)C1(C)C. The highest BCUT2D eigenvalue weighted by atomic mass is 16.6. The second kappa shape index (κ2) is 7.43. The predicted octanol–water partition coefficient (Wildman–Crippen LogP) is 4.35. The summed E-state index contributed by atoms with van der Waals surface area (Å²) in [4.78, 5) is 34.0. The van der Waals surface area contributed by atoms with Crippen molar-refractivity contribution < 1.29 is 14.4 Å². The minimum absolute atomic E-state index is 0.000869. The van der Waals surface area contributed by atoms with Gasteiger partial charge in [0.05, 0.1) is 5.71 Å². The van der Waals surface area contributed by atoms with E-state index in [1.807, 2.05) is 14.1 Å². The van der Waals surface area contributed by atoms with Gasteiger partial charge in [-0.15, -0.1) is 0 Å². The summed E-state index contributed by atoms with van der Waals surface area (Å²) < 4.78 is 0. The molecule has 30 heavy (non-hydrogen) atoms. The average Bonchev–Trinajstić information content (AvgIpc) is 2.95. The van der Waals surface area contributed by atoms with Crippen LogP contribution in [-0.4, -0.2) is 49.4 Å². The molecule has 4 aliphatic rings. The van der Waals surface area contributed by atoms with Gasteiger partial charge in [0.25, 0.3) is 0 Å². The van der Waals surface area contributed by atoms with Gasteiger partial charge in [-0.3, -0.25) is 9.59 Å². The van der Waals surface area contributed by atoms with Gasteiger partial charge in [0.15, 0.2) is 0 Å². The number of rotatable bonds is 4. The van der Waals surface area contributed by atoms with Gasteiger partial charge < -0.3 is 9.74 Å². The van der Waals surface area contributed by atoms with Crippen LogP contribution in [0.5, 0.6) is 0 Å². The number of Topliss-reactive ketones (excluding diaryl/α,β-unsaturated/α-hetero) is 2. The molecule has 1 unspecified atom stereocenters. The number of fused-ring (bicyclic) bond motifs is 5. The lowest BCUT2D eigenvalue weighted by Crippen LogP contribution is -2.61. The fourth-order valence-corrected chi connectivity index (χ4v) is 8.04. The molecule has 0 aromatic carbocycles. The second-order valence-corrected chi connectivity index (χ2v) is 11.8. The standard InChI is InChI=1S/C25H40N2O3/c1-23(2)20(26-30-14-13-27(5)6)10-12-25(4)18-9-11-24(3)17(7-8-21(24)29)16(18)15-19(28)22(23)25/h16-18,22H,7-15H2,1-6H3/b26-20+/t16-,17-,18-,22?,24-,25+/m0/s1. The zero-order valence-corrected chi connectivity index (χ0v) is 19.8. The van der Waals surface area contributed by atoms with Crippen molar-refractivity contribution in [2.24, 2.45) is 45.1 Å². The van der Waals surface area contributed by atoms with Crippen molar-refractivity contribution in [3.8, 4) is 0 Å². The van der Waals surface area contributed by atoms with Gasteiger partial charge in [-0.05, 0) is 69.4 Å². The predicted molar refractivity (Wildman–Crippen MR) is 118 cm³/mol. The number of carbonyl (C=O) groups excluding carboxylic acids is 2. The van der Waals surface area contributed by atoms with Crippen LogP contribution in [-0.2, 0) is 14.4 Å². The molecule has 0 bridgehead atoms. The first-order valence-electron chi connectivity index (χ1n) is 11.9. The van der Waals surface area contributed by atoms with Crippen molar-refractivity contribution in [2.75, 3.05) is 27.2 Å². The highest BCUT2D eigenvalue weighted by Crippen LogP contribution is 2.66. The number of oxime groups is 1. The third kappa shape index (κ3) is 3.18. The Hall–Kier alpha value is -1.23. The molecule has 4 saturated carbocycles. The molecule has 4 aliphatic carbocycles. The van der Waals surface area contributed by atoms with Crippen LogP contribution in [0.25, 0.3) is 0 Å². The lowest BCUT2D eigenvalue weighted by Gasteiger charge is -2.62. The van der Waals surface area contributed by atoms with E-state index in [0.717, 1.165) is 44.4 Å². The maximum absolute atomic E-state index is 13.7. The van der Waals surface area contributed by atoms with E-state index < -0.39 is 0 Å². The van der Waals surface area contributed by atoms with Crippen LogP contribution in [0.15, 0.2) is 5.16 Å². The van der Waals surface area contributed by atoms with Crippen LogP contribution in [0.3, 0.4) is 0 Å². The first-order chi connectivity index (χ1) is 14.0. The van der Waals surface area contributed by atoms with Crippen molar-refractivity contribution >= 4 is 17.3 Å². The van der Waals surface area contributed by atoms with Crippen LogP contribution >= 0.6 is 0 Å². The third-order valence-electron chi connectivity index (χ3n) is 9.58. The lowest BCUT2D eigenvalue weighted by molar-refractivity contribution is -0.160. The summed E-state index contributed by atoms with van der Waals surface area (Å²) in [7, 11) is 4.05. The summed E-state index contributed by atoms with van der Waals surface area (Å²) in [6.45, 7) is 10.4. The molecule has 0 aromatic rings. The van der Waals surface area contributed by atoms with Gasteiger partial charge in [0.1, 0.15) is 18.2 Å². The van der Waals surface area contributed by atoms with Gasteiger partial charge in [-0.1, -0.05) is 32.9 Å². The minimum Gasteiger partial charge on any atom is -0.394 e. The van der Waals surface area contributed by atoms with Crippen LogP contribution in [0.2, 0.25) is 0 Å². The Balaban J connectivity index is 1.59. The third-order valence-corrected chi connectivity index (χ3v) is 9.58. The summed E-state index contributed by atoms with van der Waals surface area (Å²) in [6.07, 6.45) is 6.34. The van der Waals surface area contributed by atoms with Crippen molar-refractivity contribution in [3.63, 3.8) is 0 Å². The molecule has 5 nitrogen and oxygen atoms in total. The molecule has 4 fully saturated rings. The molecule has 0 spiro atoms. The quantitative estimate of drug-likeness (QED) is 0.505. The second-order valence-electron chi connectivity index (χ2n) is 11.8. The molecule has 4 rings (SSSR count). The molecule has 5 heteroatoms. The number of likely N-dealkylation sites (N-methyl/N-ethyl adjacent to an activating group) is 1. The minimum atomic E-state index is -0.278. The van der Waals surface area contributed by atoms with Gasteiger partial charge in [0, 0.05) is 36.1 Å². The van der Waals surface area contributed by atoms with E-state index in [1.54, 1.807) is 0 Å². The van der Waals surface area contributed by atoms with E-state index in [0.29, 0.717) is 48.8 Å². The summed E-state index contributed by atoms with van der Waals surface area (Å²) in [5.74, 6) is 2.16. The van der Waals surface area contributed by atoms with Crippen molar-refractivity contribution in [2.45, 2.75) is 72.6 Å². The molecular weight excluding hydrogens is 376 g/mol. The molecular formula is C25H40N2O3. The van der Waals surface area contributed by atoms with Gasteiger partial charge in [-0.25, -0.2) is 0 Å². The number of hydrogen-bond acceptors (Lipinski definition) is 5. The first kappa shape index (κ1) is 22.0. The van der Waals surface area contributed by atoms with Crippen molar-refractivity contribution in [1.29, 1.82) is 0 Å². The topological polar surface area (TPSA) is 59.0 Å². The molecule has 0 aromatic heterocycles. The maximum Gasteiger partial charge on any atom is 0.139 e. The average molecular weight is 417 g/mol. The zero-order valence-electron chi connectivity index (χ0n) is 19.8. The van der Waals surface area contributed by atoms with E-state index in [9.17, 15) is 9.59 Å². The van der Waals surface area contributed by atoms with Crippen LogP contribution in [0, 0.1) is 39.9 Å². The van der Waals surface area contributed by atoms with Crippen LogP contribution < -0.4 is 0 Å². The van der Waals surface area contributed by atoms with Crippen molar-refractivity contribution in [1.82, 2.24) is 4.90 Å². The molecule has 0 N–H and O–H groups in total. The highest BCUT2D eigenvalue weighted by Gasteiger charge is 2.65. The first-order valence-corrected chi connectivity index (χ1v) is 11.9. The van der Waals surface area contributed by atoms with E-state index >= 15 is 0 Å². The van der Waals surface area contributed by atoms with Crippen molar-refractivity contribution in [3.05, 3.63) is 0 Å². The molecule has 0 saturated heterocycles. The molecule has 0 aliphatic heterocycles. The Morgan fingerprint density at radius 1 is 1.03 bits per heavy atom. The zero-order chi connectivity index (χ0) is 21.9. The molecule has 6 atom stereocenters. The van der Waals surface area contributed by atoms with Gasteiger partial charge >= 0.3 is 0 Å². The number of hydrogen-bond donors (Lipinski definition) is 0. The number of carbonyl (C=O) groups is 2. The lowest BCUT2D eigenvalue weighted by atomic mass is 9.41. The Labute approximate surface area is 182 Å². The molecule has 0 amide bonds. The number of ketones is 2. The Morgan fingerprint density at radius 3 is 2.47 bits per heavy atom. The Bertz CT molecular complexity index is 757. The van der Waals surface area contributed by atoms with Crippen LogP contribution in [0.4, 0.5) is 0 Å².